The Hall–Kier alpha value is -4.93. The first kappa shape index (κ1) is 40.7. The maximum absolute atomic E-state index is 13.6. The van der Waals surface area contributed by atoms with E-state index in [0.717, 1.165) is 63.6 Å². The second kappa shape index (κ2) is 15.2. The average Bonchev–Trinajstić information content (AvgIpc) is 3.96. The number of hydrogen-bond donors (Lipinski definition) is 0. The van der Waals surface area contributed by atoms with Crippen molar-refractivity contribution in [2.24, 2.45) is 0 Å². The summed E-state index contributed by atoms with van der Waals surface area (Å²) < 4.78 is 43.8. The van der Waals surface area contributed by atoms with Crippen molar-refractivity contribution in [1.29, 1.82) is 0 Å². The third-order valence-electron chi connectivity index (χ3n) is 9.43. The molecule has 14 nitrogen and oxygen atoms in total. The van der Waals surface area contributed by atoms with Gasteiger partial charge in [0.1, 0.15) is 17.3 Å². The fraction of sp³-hybridized carbons (Fsp3) is 0.300. The maximum atomic E-state index is 13.6. The van der Waals surface area contributed by atoms with Gasteiger partial charge in [0.05, 0.1) is 16.0 Å². The molecule has 0 spiro atoms. The van der Waals surface area contributed by atoms with E-state index in [9.17, 15) is 8.42 Å². The Kier molecular flexibility index (Phi) is 11.1. The molecule has 0 amide bonds. The van der Waals surface area contributed by atoms with Crippen LogP contribution in [0.25, 0.3) is 51.6 Å². The zero-order valence-corrected chi connectivity index (χ0v) is 36.0. The van der Waals surface area contributed by atoms with E-state index in [2.05, 4.69) is 42.1 Å². The van der Waals surface area contributed by atoms with Crippen LogP contribution in [0.15, 0.2) is 73.9 Å². The van der Waals surface area contributed by atoms with Gasteiger partial charge in [-0.05, 0) is 77.1 Å². The molecular weight excluding hydrogens is 742 g/mol. The van der Waals surface area contributed by atoms with Crippen LogP contribution in [0.4, 0.5) is 0 Å². The third kappa shape index (κ3) is 6.91. The predicted octanol–water partition coefficient (Wildman–Crippen LogP) is 5.23. The number of nitrogens with zero attached hydrogens (tertiary/aromatic N) is 9. The molecule has 9 rings (SSSR count). The van der Waals surface area contributed by atoms with Crippen molar-refractivity contribution in [1.82, 2.24) is 43.1 Å². The van der Waals surface area contributed by atoms with E-state index < -0.39 is 10.0 Å². The van der Waals surface area contributed by atoms with E-state index in [1.807, 2.05) is 67.8 Å². The number of furan rings is 2. The Morgan fingerprint density at radius 2 is 1.38 bits per heavy atom. The van der Waals surface area contributed by atoms with Gasteiger partial charge in [0.15, 0.2) is 45.9 Å². The van der Waals surface area contributed by atoms with Crippen LogP contribution < -0.4 is 29.6 Å². The molecule has 56 heavy (non-hydrogen) atoms. The Morgan fingerprint density at radius 3 is 1.96 bits per heavy atom. The van der Waals surface area contributed by atoms with E-state index in [4.69, 9.17) is 23.8 Å². The van der Waals surface area contributed by atoms with Crippen molar-refractivity contribution in [3.8, 4) is 23.2 Å². The fourth-order valence-corrected chi connectivity index (χ4v) is 8.23. The first-order valence-corrected chi connectivity index (χ1v) is 19.3. The molecule has 7 aromatic heterocycles. The Balaban J connectivity index is 0.000000195. The first-order chi connectivity index (χ1) is 25.7. The van der Waals surface area contributed by atoms with Gasteiger partial charge in [-0.3, -0.25) is 4.40 Å². The van der Waals surface area contributed by atoms with Crippen LogP contribution in [0, 0.1) is 27.7 Å². The Labute approximate surface area is 346 Å². The summed E-state index contributed by atoms with van der Waals surface area (Å²) >= 11 is 0. The minimum atomic E-state index is -3.88. The van der Waals surface area contributed by atoms with E-state index in [-0.39, 0.29) is 51.8 Å². The topological polar surface area (TPSA) is 182 Å². The van der Waals surface area contributed by atoms with Gasteiger partial charge in [0.2, 0.25) is 0 Å². The standard InChI is InChI=1S/C23H23N5O3S.C17H18N4O.Na.H2O/c1-13(2)20-25-26-22-18-12-15(4)28(32(29,30)17-9-6-14(3)7-10-17)21(18)24-23(27(20)22)19-11-8-16(5)31-19;1-9(2)15-19-16-12-7-10(3)8-13(12)18-17(21(16)20-15)14-6-5-11(4)22-14;;/h6-13H,1-5H3;5-7,9H,8H2,1-4H3;;1H2/q;;+1;/p-1. The van der Waals surface area contributed by atoms with Gasteiger partial charge >= 0.3 is 29.6 Å². The second-order valence-corrected chi connectivity index (χ2v) is 16.3. The number of hydrogen-bond acceptors (Lipinski definition) is 11. The van der Waals surface area contributed by atoms with Crippen LogP contribution in [0.3, 0.4) is 0 Å². The molecule has 0 fully saturated rings. The average molecular weight is 784 g/mol. The number of aryl methyl sites for hydroxylation is 4. The van der Waals surface area contributed by atoms with E-state index in [1.54, 1.807) is 37.3 Å². The molecule has 284 valence electrons. The number of rotatable bonds is 6. The molecule has 0 atom stereocenters. The number of fused-ring (bicyclic) bond motifs is 6. The van der Waals surface area contributed by atoms with Crippen LogP contribution in [0.1, 0.15) is 92.1 Å². The van der Waals surface area contributed by atoms with Crippen LogP contribution in [-0.2, 0) is 16.4 Å². The SMILES string of the molecule is CC1=Cc2c(nc(-c3ccc(C)o3)n3nc(C(C)C)nc23)C1.Cc1ccc(S(=O)(=O)n2c(C)cc3c2nc(-c2ccc(C)o2)n2c(C(C)C)nnc32)cc1.[Na+].[OH-]. The summed E-state index contributed by atoms with van der Waals surface area (Å²) in [5, 5.41) is 14.1. The molecule has 0 unspecified atom stereocenters. The molecule has 0 radical (unpaired) electrons. The molecule has 8 aromatic rings. The van der Waals surface area contributed by atoms with Gasteiger partial charge in [0, 0.05) is 29.5 Å². The summed E-state index contributed by atoms with van der Waals surface area (Å²) in [5.41, 5.74) is 6.67. The summed E-state index contributed by atoms with van der Waals surface area (Å²) in [5.74, 6) is 5.95. The fourth-order valence-electron chi connectivity index (χ4n) is 6.74. The van der Waals surface area contributed by atoms with Crippen LogP contribution in [0.2, 0.25) is 0 Å². The van der Waals surface area contributed by atoms with Gasteiger partial charge in [0.25, 0.3) is 10.0 Å². The molecule has 16 heteroatoms. The Bertz CT molecular complexity index is 2890. The third-order valence-corrected chi connectivity index (χ3v) is 11.2. The van der Waals surface area contributed by atoms with Crippen molar-refractivity contribution in [2.45, 2.75) is 85.5 Å². The monoisotopic (exact) mass is 783 g/mol. The minimum Gasteiger partial charge on any atom is -0.870 e. The molecule has 0 saturated heterocycles. The van der Waals surface area contributed by atoms with Crippen molar-refractivity contribution in [3.63, 3.8) is 0 Å². The smallest absolute Gasteiger partial charge is 0.870 e. The number of benzene rings is 1. The summed E-state index contributed by atoms with van der Waals surface area (Å²) in [4.78, 5) is 14.5. The van der Waals surface area contributed by atoms with Gasteiger partial charge < -0.3 is 14.3 Å². The van der Waals surface area contributed by atoms with Gasteiger partial charge in [-0.1, -0.05) is 57.0 Å². The minimum absolute atomic E-state index is 0. The first-order valence-electron chi connectivity index (χ1n) is 17.9. The normalized spacial score (nSPS) is 12.6. The van der Waals surface area contributed by atoms with Crippen LogP contribution in [-0.4, -0.2) is 57.0 Å². The molecule has 1 N–H and O–H groups in total. The van der Waals surface area contributed by atoms with Crippen molar-refractivity contribution in [3.05, 3.63) is 106 Å². The zero-order chi connectivity index (χ0) is 38.2. The summed E-state index contributed by atoms with van der Waals surface area (Å²) in [6, 6.07) is 16.1. The Morgan fingerprint density at radius 1 is 0.732 bits per heavy atom. The maximum Gasteiger partial charge on any atom is 1.00 e. The van der Waals surface area contributed by atoms with Crippen molar-refractivity contribution < 1.29 is 52.3 Å². The summed E-state index contributed by atoms with van der Waals surface area (Å²) in [7, 11) is -3.88. The van der Waals surface area contributed by atoms with Crippen LogP contribution in [0.5, 0.6) is 0 Å². The van der Waals surface area contributed by atoms with E-state index in [1.165, 1.54) is 9.55 Å². The largest absolute Gasteiger partial charge is 1.00 e. The molecule has 0 aliphatic heterocycles. The quantitative estimate of drug-likeness (QED) is 0.202. The van der Waals surface area contributed by atoms with Crippen LogP contribution >= 0.6 is 0 Å². The molecule has 0 saturated carbocycles. The van der Waals surface area contributed by atoms with Gasteiger partial charge in [-0.2, -0.15) is 4.52 Å². The molecule has 0 bridgehead atoms. The number of allylic oxidation sites excluding steroid dienone is 1. The van der Waals surface area contributed by atoms with E-state index in [0.29, 0.717) is 34.0 Å². The second-order valence-electron chi connectivity index (χ2n) is 14.6. The number of aromatic nitrogens is 9. The molecule has 1 aliphatic rings. The molecule has 1 aliphatic carbocycles. The summed E-state index contributed by atoms with van der Waals surface area (Å²) in [6.07, 6.45) is 3.02. The molecular formula is C40H42N9NaO5S. The predicted molar refractivity (Wildman–Crippen MR) is 208 cm³/mol. The van der Waals surface area contributed by atoms with Crippen molar-refractivity contribution >= 4 is 38.4 Å². The summed E-state index contributed by atoms with van der Waals surface area (Å²) in [6.45, 7) is 17.8. The van der Waals surface area contributed by atoms with Gasteiger partial charge in [-0.15, -0.1) is 15.3 Å². The van der Waals surface area contributed by atoms with Gasteiger partial charge in [-0.25, -0.2) is 27.3 Å². The van der Waals surface area contributed by atoms with E-state index >= 15 is 0 Å². The molecule has 1 aromatic carbocycles. The zero-order valence-electron chi connectivity index (χ0n) is 33.1. The molecule has 7 heterocycles. The van der Waals surface area contributed by atoms with Crippen molar-refractivity contribution in [2.75, 3.05) is 0 Å².